The molecule has 0 amide bonds. The molecule has 0 atom stereocenters. The van der Waals surface area contributed by atoms with Gasteiger partial charge in [-0.2, -0.15) is 0 Å². The van der Waals surface area contributed by atoms with Crippen molar-refractivity contribution in [2.24, 2.45) is 0 Å². The van der Waals surface area contributed by atoms with Crippen LogP contribution in [0.25, 0.3) is 0 Å². The van der Waals surface area contributed by atoms with Crippen molar-refractivity contribution in [3.05, 3.63) is 29.8 Å². The smallest absolute Gasteiger partial charge is 0.240 e. The Hall–Kier alpha value is -1.25. The molecule has 1 rings (SSSR count). The third-order valence-electron chi connectivity index (χ3n) is 2.93. The summed E-state index contributed by atoms with van der Waals surface area (Å²) >= 11 is 0. The Morgan fingerprint density at radius 1 is 1.14 bits per heavy atom. The number of hydrogen-bond acceptors (Lipinski definition) is 5. The van der Waals surface area contributed by atoms with Crippen LogP contribution >= 0.6 is 0 Å². The van der Waals surface area contributed by atoms with Crippen molar-refractivity contribution in [2.75, 3.05) is 18.1 Å². The van der Waals surface area contributed by atoms with E-state index < -0.39 is 19.9 Å². The molecule has 0 aromatic heterocycles. The average Bonchev–Trinajstić information content (AvgIpc) is 2.46. The van der Waals surface area contributed by atoms with Crippen LogP contribution in [0.3, 0.4) is 0 Å². The highest BCUT2D eigenvalue weighted by atomic mass is 32.2. The molecule has 8 heteroatoms. The molecule has 0 aliphatic carbocycles. The predicted molar refractivity (Wildman–Crippen MR) is 80.6 cm³/mol. The second-order valence-corrected chi connectivity index (χ2v) is 8.68. The van der Waals surface area contributed by atoms with Gasteiger partial charge in [-0.3, -0.25) is 4.79 Å². The van der Waals surface area contributed by atoms with Gasteiger partial charge in [0.15, 0.2) is 15.6 Å². The molecule has 0 aliphatic rings. The Balaban J connectivity index is 2.86. The predicted octanol–water partition coefficient (Wildman–Crippen LogP) is 0.992. The lowest BCUT2D eigenvalue weighted by Gasteiger charge is -2.08. The van der Waals surface area contributed by atoms with Gasteiger partial charge in [-0.1, -0.05) is 26.0 Å². The number of benzene rings is 1. The van der Waals surface area contributed by atoms with Gasteiger partial charge in [-0.05, 0) is 12.1 Å². The van der Waals surface area contributed by atoms with E-state index in [0.29, 0.717) is 5.56 Å². The quantitative estimate of drug-likeness (QED) is 0.716. The van der Waals surface area contributed by atoms with Crippen molar-refractivity contribution in [3.8, 4) is 0 Å². The van der Waals surface area contributed by atoms with Gasteiger partial charge in [0.05, 0.1) is 10.6 Å². The molecule has 0 heterocycles. The molecule has 0 saturated heterocycles. The van der Waals surface area contributed by atoms with Gasteiger partial charge in [0, 0.05) is 24.3 Å². The molecule has 0 aliphatic heterocycles. The molecule has 1 aromatic rings. The molecule has 1 aromatic carbocycles. The number of carbonyl (C=O) groups excluding carboxylic acids is 1. The number of Topliss-reactive ketones (excluding diaryl/α,β-unsaturated/α-hetero) is 1. The third kappa shape index (κ3) is 5.22. The van der Waals surface area contributed by atoms with E-state index in [0.717, 1.165) is 0 Å². The number of hydrogen-bond donors (Lipinski definition) is 1. The van der Waals surface area contributed by atoms with Crippen LogP contribution in [0.2, 0.25) is 0 Å². The van der Waals surface area contributed by atoms with Gasteiger partial charge < -0.3 is 0 Å². The van der Waals surface area contributed by atoms with Gasteiger partial charge in [-0.25, -0.2) is 21.6 Å². The average molecular weight is 333 g/mol. The SMILES string of the molecule is CCC(=O)c1cccc(S(=O)(=O)NCCS(=O)(=O)CC)c1. The highest BCUT2D eigenvalue weighted by Gasteiger charge is 2.17. The summed E-state index contributed by atoms with van der Waals surface area (Å²) in [6, 6.07) is 5.69. The van der Waals surface area contributed by atoms with Crippen LogP contribution in [-0.2, 0) is 19.9 Å². The first kappa shape index (κ1) is 17.8. The molecule has 0 unspecified atom stereocenters. The van der Waals surface area contributed by atoms with E-state index >= 15 is 0 Å². The van der Waals surface area contributed by atoms with E-state index in [1.54, 1.807) is 13.0 Å². The van der Waals surface area contributed by atoms with Crippen LogP contribution in [-0.4, -0.2) is 40.7 Å². The van der Waals surface area contributed by atoms with E-state index in [4.69, 9.17) is 0 Å². The monoisotopic (exact) mass is 333 g/mol. The molecule has 0 bridgehead atoms. The topological polar surface area (TPSA) is 97.4 Å². The van der Waals surface area contributed by atoms with Crippen molar-refractivity contribution < 1.29 is 21.6 Å². The molecule has 118 valence electrons. The third-order valence-corrected chi connectivity index (χ3v) is 6.10. The fourth-order valence-electron chi connectivity index (χ4n) is 1.60. The Kier molecular flexibility index (Phi) is 6.06. The number of sulfone groups is 1. The van der Waals surface area contributed by atoms with Crippen LogP contribution in [0.15, 0.2) is 29.2 Å². The molecule has 0 spiro atoms. The van der Waals surface area contributed by atoms with Crippen LogP contribution in [0.1, 0.15) is 30.6 Å². The Labute approximate surface area is 125 Å². The van der Waals surface area contributed by atoms with E-state index in [2.05, 4.69) is 4.72 Å². The normalized spacial score (nSPS) is 12.3. The Morgan fingerprint density at radius 2 is 1.81 bits per heavy atom. The molecular formula is C13H19NO5S2. The summed E-state index contributed by atoms with van der Waals surface area (Å²) in [4.78, 5) is 11.5. The van der Waals surface area contributed by atoms with Crippen molar-refractivity contribution in [1.82, 2.24) is 4.72 Å². The standard InChI is InChI=1S/C13H19NO5S2/c1-3-13(15)11-6-5-7-12(10-11)21(18,19)14-8-9-20(16,17)4-2/h5-7,10,14H,3-4,8-9H2,1-2H3. The van der Waals surface area contributed by atoms with Gasteiger partial charge in [0.25, 0.3) is 0 Å². The molecule has 21 heavy (non-hydrogen) atoms. The zero-order valence-corrected chi connectivity index (χ0v) is 13.6. The van der Waals surface area contributed by atoms with Crippen molar-refractivity contribution in [1.29, 1.82) is 0 Å². The maximum absolute atomic E-state index is 12.1. The van der Waals surface area contributed by atoms with Crippen molar-refractivity contribution in [3.63, 3.8) is 0 Å². The van der Waals surface area contributed by atoms with Crippen molar-refractivity contribution in [2.45, 2.75) is 25.2 Å². The Morgan fingerprint density at radius 3 is 2.38 bits per heavy atom. The van der Waals surface area contributed by atoms with Gasteiger partial charge in [0.1, 0.15) is 0 Å². The molecule has 0 saturated carbocycles. The van der Waals surface area contributed by atoms with Gasteiger partial charge in [0.2, 0.25) is 10.0 Å². The van der Waals surface area contributed by atoms with E-state index in [1.165, 1.54) is 25.1 Å². The highest BCUT2D eigenvalue weighted by Crippen LogP contribution is 2.13. The summed E-state index contributed by atoms with van der Waals surface area (Å²) in [5.74, 6) is -0.438. The first-order valence-electron chi connectivity index (χ1n) is 6.55. The second kappa shape index (κ2) is 7.15. The van der Waals surface area contributed by atoms with E-state index in [-0.39, 0.29) is 35.2 Å². The maximum atomic E-state index is 12.1. The molecule has 0 fully saturated rings. The summed E-state index contributed by atoms with van der Waals surface area (Å²) in [7, 11) is -7.05. The number of nitrogens with one attached hydrogen (secondary N) is 1. The van der Waals surface area contributed by atoms with E-state index in [1.807, 2.05) is 0 Å². The molecule has 0 radical (unpaired) electrons. The first-order valence-corrected chi connectivity index (χ1v) is 9.85. The molecular weight excluding hydrogens is 314 g/mol. The fraction of sp³-hybridized carbons (Fsp3) is 0.462. The maximum Gasteiger partial charge on any atom is 0.240 e. The first-order chi connectivity index (χ1) is 9.72. The summed E-state index contributed by atoms with van der Waals surface area (Å²) < 4.78 is 49.0. The lowest BCUT2D eigenvalue weighted by Crippen LogP contribution is -2.29. The van der Waals surface area contributed by atoms with Crippen LogP contribution < -0.4 is 4.72 Å². The van der Waals surface area contributed by atoms with Gasteiger partial charge >= 0.3 is 0 Å². The molecule has 6 nitrogen and oxygen atoms in total. The van der Waals surface area contributed by atoms with Crippen LogP contribution in [0, 0.1) is 0 Å². The minimum absolute atomic E-state index is 0.0325. The number of sulfonamides is 1. The minimum Gasteiger partial charge on any atom is -0.294 e. The van der Waals surface area contributed by atoms with Crippen molar-refractivity contribution >= 4 is 25.6 Å². The Bertz CT molecular complexity index is 708. The molecule has 1 N–H and O–H groups in total. The lowest BCUT2D eigenvalue weighted by atomic mass is 10.1. The number of ketones is 1. The van der Waals surface area contributed by atoms with Crippen LogP contribution in [0.5, 0.6) is 0 Å². The number of carbonyl (C=O) groups is 1. The summed E-state index contributed by atoms with van der Waals surface area (Å²) in [5, 5.41) is 0. The zero-order chi connectivity index (χ0) is 16.1. The second-order valence-electron chi connectivity index (χ2n) is 4.44. The zero-order valence-electron chi connectivity index (χ0n) is 12.0. The van der Waals surface area contributed by atoms with Gasteiger partial charge in [-0.15, -0.1) is 0 Å². The minimum atomic E-state index is -3.82. The fourth-order valence-corrected chi connectivity index (χ4v) is 3.51. The summed E-state index contributed by atoms with van der Waals surface area (Å²) in [6.45, 7) is 3.01. The van der Waals surface area contributed by atoms with Crippen LogP contribution in [0.4, 0.5) is 0 Å². The summed E-state index contributed by atoms with van der Waals surface area (Å²) in [6.07, 6.45) is 0.283. The largest absolute Gasteiger partial charge is 0.294 e. The lowest BCUT2D eigenvalue weighted by molar-refractivity contribution is 0.0988. The number of rotatable bonds is 8. The highest BCUT2D eigenvalue weighted by molar-refractivity contribution is 7.91. The summed E-state index contributed by atoms with van der Waals surface area (Å²) in [5.41, 5.74) is 0.321. The van der Waals surface area contributed by atoms with E-state index in [9.17, 15) is 21.6 Å².